The molecule has 0 aromatic heterocycles. The quantitative estimate of drug-likeness (QED) is 0.592. The number of imide groups is 1. The number of carbonyl (C=O) groups is 2. The van der Waals surface area contributed by atoms with Crippen molar-refractivity contribution in [3.05, 3.63) is 0 Å². The highest BCUT2D eigenvalue weighted by atomic mass is 32.2. The van der Waals surface area contributed by atoms with E-state index in [0.29, 0.717) is 0 Å². The standard InChI is InChI=1S/C5H7NO2S/c1-2-3-4(7)6-5(8)9-3/h3H,2H2,1H3,(H,6,7,8)/t3-/m1/s1. The van der Waals surface area contributed by atoms with Gasteiger partial charge in [-0.1, -0.05) is 18.7 Å². The van der Waals surface area contributed by atoms with Gasteiger partial charge in [-0.25, -0.2) is 0 Å². The topological polar surface area (TPSA) is 46.2 Å². The normalized spacial score (nSPS) is 26.6. The summed E-state index contributed by atoms with van der Waals surface area (Å²) in [7, 11) is 0. The highest BCUT2D eigenvalue weighted by Gasteiger charge is 2.29. The van der Waals surface area contributed by atoms with Crippen LogP contribution in [-0.2, 0) is 4.79 Å². The molecule has 0 saturated carbocycles. The van der Waals surface area contributed by atoms with Gasteiger partial charge in [0, 0.05) is 0 Å². The first kappa shape index (κ1) is 6.61. The molecule has 1 saturated heterocycles. The van der Waals surface area contributed by atoms with Gasteiger partial charge in [0.25, 0.3) is 5.24 Å². The van der Waals surface area contributed by atoms with Gasteiger partial charge >= 0.3 is 0 Å². The molecule has 0 bridgehead atoms. The molecule has 4 heteroatoms. The van der Waals surface area contributed by atoms with Gasteiger partial charge in [-0.15, -0.1) is 0 Å². The van der Waals surface area contributed by atoms with Gasteiger partial charge < -0.3 is 0 Å². The highest BCUT2D eigenvalue weighted by molar-refractivity contribution is 8.15. The second-order valence-electron chi connectivity index (χ2n) is 1.79. The summed E-state index contributed by atoms with van der Waals surface area (Å²) in [6, 6.07) is 0. The minimum atomic E-state index is -0.216. The predicted octanol–water partition coefficient (Wildman–Crippen LogP) is 0.748. The molecule has 50 valence electrons. The lowest BCUT2D eigenvalue weighted by Crippen LogP contribution is -2.23. The Morgan fingerprint density at radius 1 is 1.67 bits per heavy atom. The minimum Gasteiger partial charge on any atom is -0.286 e. The maximum atomic E-state index is 10.7. The van der Waals surface area contributed by atoms with E-state index in [4.69, 9.17) is 0 Å². The van der Waals surface area contributed by atoms with Crippen molar-refractivity contribution >= 4 is 22.9 Å². The lowest BCUT2D eigenvalue weighted by atomic mass is 10.3. The van der Waals surface area contributed by atoms with Gasteiger partial charge in [0.1, 0.15) is 0 Å². The first-order valence-corrected chi connectivity index (χ1v) is 3.63. The maximum absolute atomic E-state index is 10.7. The van der Waals surface area contributed by atoms with Crippen LogP contribution in [0.1, 0.15) is 13.3 Å². The smallest absolute Gasteiger partial charge is 0.286 e. The molecule has 1 atom stereocenters. The Morgan fingerprint density at radius 3 is 2.56 bits per heavy atom. The average molecular weight is 145 g/mol. The number of nitrogens with one attached hydrogen (secondary N) is 1. The zero-order valence-electron chi connectivity index (χ0n) is 5.01. The molecule has 0 aliphatic carbocycles. The van der Waals surface area contributed by atoms with Gasteiger partial charge in [-0.3, -0.25) is 14.9 Å². The van der Waals surface area contributed by atoms with Crippen molar-refractivity contribution in [1.82, 2.24) is 5.32 Å². The molecule has 0 radical (unpaired) electrons. The van der Waals surface area contributed by atoms with Gasteiger partial charge in [-0.2, -0.15) is 0 Å². The average Bonchev–Trinajstić information content (AvgIpc) is 2.10. The summed E-state index contributed by atoms with van der Waals surface area (Å²) in [5.74, 6) is -0.146. The number of hydrogen-bond acceptors (Lipinski definition) is 3. The molecule has 0 aromatic rings. The third-order valence-electron chi connectivity index (χ3n) is 1.14. The van der Waals surface area contributed by atoms with E-state index in [0.717, 1.165) is 18.2 Å². The zero-order chi connectivity index (χ0) is 6.85. The van der Waals surface area contributed by atoms with Gasteiger partial charge in [0.15, 0.2) is 0 Å². The van der Waals surface area contributed by atoms with Crippen molar-refractivity contribution < 1.29 is 9.59 Å². The third-order valence-corrected chi connectivity index (χ3v) is 2.29. The largest absolute Gasteiger partial charge is 0.286 e. The number of carbonyl (C=O) groups excluding carboxylic acids is 2. The zero-order valence-corrected chi connectivity index (χ0v) is 5.83. The molecular formula is C5H7NO2S. The fourth-order valence-corrected chi connectivity index (χ4v) is 1.41. The molecule has 1 aliphatic heterocycles. The maximum Gasteiger partial charge on any atom is 0.286 e. The summed E-state index contributed by atoms with van der Waals surface area (Å²) in [4.78, 5) is 21.1. The second kappa shape index (κ2) is 2.39. The first-order chi connectivity index (χ1) is 4.24. The van der Waals surface area contributed by atoms with Crippen molar-refractivity contribution in [3.63, 3.8) is 0 Å². The number of rotatable bonds is 1. The van der Waals surface area contributed by atoms with Gasteiger partial charge in [0.05, 0.1) is 5.25 Å². The lowest BCUT2D eigenvalue weighted by molar-refractivity contribution is -0.119. The van der Waals surface area contributed by atoms with Crippen LogP contribution in [0.15, 0.2) is 0 Å². The Kier molecular flexibility index (Phi) is 1.75. The second-order valence-corrected chi connectivity index (χ2v) is 2.97. The van der Waals surface area contributed by atoms with Crippen LogP contribution in [0.5, 0.6) is 0 Å². The molecular weight excluding hydrogens is 138 g/mol. The lowest BCUT2D eigenvalue weighted by Gasteiger charge is -1.94. The summed E-state index contributed by atoms with van der Waals surface area (Å²) in [5.41, 5.74) is 0. The van der Waals surface area contributed by atoms with Crippen LogP contribution < -0.4 is 5.32 Å². The van der Waals surface area contributed by atoms with E-state index < -0.39 is 0 Å². The van der Waals surface area contributed by atoms with Crippen molar-refractivity contribution in [2.45, 2.75) is 18.6 Å². The molecule has 1 rings (SSSR count). The Morgan fingerprint density at radius 2 is 2.33 bits per heavy atom. The van der Waals surface area contributed by atoms with Crippen LogP contribution in [0.3, 0.4) is 0 Å². The van der Waals surface area contributed by atoms with Crippen molar-refractivity contribution in [1.29, 1.82) is 0 Å². The van der Waals surface area contributed by atoms with E-state index >= 15 is 0 Å². The molecule has 2 amide bonds. The van der Waals surface area contributed by atoms with Crippen LogP contribution in [-0.4, -0.2) is 16.4 Å². The molecule has 0 spiro atoms. The number of hydrogen-bond donors (Lipinski definition) is 1. The highest BCUT2D eigenvalue weighted by Crippen LogP contribution is 2.20. The molecule has 0 unspecified atom stereocenters. The Hall–Kier alpha value is -0.510. The van der Waals surface area contributed by atoms with Crippen LogP contribution in [0.4, 0.5) is 4.79 Å². The number of thioether (sulfide) groups is 1. The predicted molar refractivity (Wildman–Crippen MR) is 35.2 cm³/mol. The fourth-order valence-electron chi connectivity index (χ4n) is 0.662. The summed E-state index contributed by atoms with van der Waals surface area (Å²) in [6.45, 7) is 1.88. The summed E-state index contributed by atoms with van der Waals surface area (Å²) in [6.07, 6.45) is 0.724. The molecule has 1 aliphatic rings. The summed E-state index contributed by atoms with van der Waals surface area (Å²) >= 11 is 1.07. The van der Waals surface area contributed by atoms with E-state index in [9.17, 15) is 9.59 Å². The Labute approximate surface area is 57.2 Å². The minimum absolute atomic E-state index is 0.141. The van der Waals surface area contributed by atoms with Crippen LogP contribution in [0.25, 0.3) is 0 Å². The van der Waals surface area contributed by atoms with E-state index in [2.05, 4.69) is 5.32 Å². The fraction of sp³-hybridized carbons (Fsp3) is 0.600. The van der Waals surface area contributed by atoms with Crippen molar-refractivity contribution in [2.24, 2.45) is 0 Å². The molecule has 9 heavy (non-hydrogen) atoms. The van der Waals surface area contributed by atoms with Crippen LogP contribution in [0, 0.1) is 0 Å². The summed E-state index contributed by atoms with van der Waals surface area (Å²) in [5, 5.41) is 1.85. The molecule has 1 fully saturated rings. The van der Waals surface area contributed by atoms with Crippen LogP contribution in [0.2, 0.25) is 0 Å². The summed E-state index contributed by atoms with van der Waals surface area (Å²) < 4.78 is 0. The number of amides is 2. The van der Waals surface area contributed by atoms with Crippen molar-refractivity contribution in [2.75, 3.05) is 0 Å². The Bertz CT molecular complexity index is 157. The van der Waals surface area contributed by atoms with E-state index in [1.54, 1.807) is 0 Å². The van der Waals surface area contributed by atoms with E-state index in [-0.39, 0.29) is 16.4 Å². The van der Waals surface area contributed by atoms with Gasteiger partial charge in [-0.05, 0) is 6.42 Å². The molecule has 3 nitrogen and oxygen atoms in total. The van der Waals surface area contributed by atoms with E-state index in [1.807, 2.05) is 6.92 Å². The third kappa shape index (κ3) is 1.24. The first-order valence-electron chi connectivity index (χ1n) is 2.75. The van der Waals surface area contributed by atoms with Crippen molar-refractivity contribution in [3.8, 4) is 0 Å². The Balaban J connectivity index is 2.58. The van der Waals surface area contributed by atoms with E-state index in [1.165, 1.54) is 0 Å². The molecule has 1 heterocycles. The SMILES string of the molecule is CC[C@H]1SC(=O)NC1=O. The van der Waals surface area contributed by atoms with Crippen LogP contribution >= 0.6 is 11.8 Å². The monoisotopic (exact) mass is 145 g/mol. The van der Waals surface area contributed by atoms with Gasteiger partial charge in [0.2, 0.25) is 5.91 Å². The molecule has 1 N–H and O–H groups in total. The molecule has 0 aromatic carbocycles.